The molecule has 164 valence electrons. The number of aromatic amines is 1. The lowest BCUT2D eigenvalue weighted by atomic mass is 10.0. The number of H-pyrrole nitrogens is 1. The van der Waals surface area contributed by atoms with Gasteiger partial charge < -0.3 is 19.7 Å². The molecule has 0 bridgehead atoms. The van der Waals surface area contributed by atoms with Gasteiger partial charge in [0.1, 0.15) is 12.4 Å². The van der Waals surface area contributed by atoms with Gasteiger partial charge in [-0.2, -0.15) is 0 Å². The number of nitrogens with zero attached hydrogens (tertiary/aromatic N) is 1. The van der Waals surface area contributed by atoms with Gasteiger partial charge in [-0.05, 0) is 52.6 Å². The van der Waals surface area contributed by atoms with Gasteiger partial charge in [0.15, 0.2) is 0 Å². The Morgan fingerprint density at radius 2 is 1.72 bits per heavy atom. The van der Waals surface area contributed by atoms with Crippen LogP contribution >= 0.6 is 0 Å². The smallest absolute Gasteiger partial charge is 0.440 e. The summed E-state index contributed by atoms with van der Waals surface area (Å²) in [5, 5.41) is 12.2. The Labute approximate surface area is 183 Å². The summed E-state index contributed by atoms with van der Waals surface area (Å²) in [6, 6.07) is 23.6. The molecule has 8 nitrogen and oxygen atoms in total. The number of aliphatic hydroxyl groups is 1. The van der Waals surface area contributed by atoms with E-state index in [1.54, 1.807) is 0 Å². The van der Waals surface area contributed by atoms with Crippen LogP contribution in [-0.4, -0.2) is 28.0 Å². The molecule has 0 unspecified atom stereocenters. The van der Waals surface area contributed by atoms with E-state index in [4.69, 9.17) is 14.4 Å². The quantitative estimate of drug-likeness (QED) is 0.375. The molecule has 32 heavy (non-hydrogen) atoms. The van der Waals surface area contributed by atoms with E-state index in [1.165, 1.54) is 0 Å². The third kappa shape index (κ3) is 5.35. The molecule has 8 heteroatoms. The first kappa shape index (κ1) is 21.2. The largest absolute Gasteiger partial charge is 0.491 e. The molecule has 0 aliphatic heterocycles. The summed E-state index contributed by atoms with van der Waals surface area (Å²) in [7, 11) is 0. The molecule has 0 saturated carbocycles. The minimum atomic E-state index is -0.763. The molecule has 0 spiro atoms. The summed E-state index contributed by atoms with van der Waals surface area (Å²) in [4.78, 5) is 24.7. The van der Waals surface area contributed by atoms with Crippen LogP contribution in [0.5, 0.6) is 5.75 Å². The molecule has 0 radical (unpaired) electrons. The maximum atomic E-state index is 11.5. The third-order valence-electron chi connectivity index (χ3n) is 4.88. The number of hydrogen-bond acceptors (Lipinski definition) is 6. The van der Waals surface area contributed by atoms with Crippen molar-refractivity contribution >= 4 is 5.69 Å². The molecular weight excluding hydrogens is 410 g/mol. The Kier molecular flexibility index (Phi) is 6.52. The average Bonchev–Trinajstić information content (AvgIpc) is 3.14. The monoisotopic (exact) mass is 433 g/mol. The van der Waals surface area contributed by atoms with Crippen molar-refractivity contribution in [2.45, 2.75) is 13.1 Å². The first-order valence-electron chi connectivity index (χ1n) is 10.2. The summed E-state index contributed by atoms with van der Waals surface area (Å²) in [6.45, 7) is 1.10. The van der Waals surface area contributed by atoms with E-state index in [9.17, 15) is 9.59 Å². The molecule has 0 aliphatic rings. The van der Waals surface area contributed by atoms with Crippen molar-refractivity contribution in [1.82, 2.24) is 9.72 Å². The zero-order chi connectivity index (χ0) is 22.3. The lowest BCUT2D eigenvalue weighted by molar-refractivity contribution is 0.201. The molecule has 3 N–H and O–H groups in total. The van der Waals surface area contributed by atoms with E-state index in [0.717, 1.165) is 38.4 Å². The molecular formula is C24H23N3O5. The number of rotatable bonds is 9. The van der Waals surface area contributed by atoms with E-state index >= 15 is 0 Å². The number of benzene rings is 3. The van der Waals surface area contributed by atoms with Crippen LogP contribution in [-0.2, 0) is 13.1 Å². The Balaban J connectivity index is 1.37. The van der Waals surface area contributed by atoms with Gasteiger partial charge in [0.2, 0.25) is 0 Å². The molecule has 3 aromatic carbocycles. The lowest BCUT2D eigenvalue weighted by Crippen LogP contribution is -2.17. The first-order valence-corrected chi connectivity index (χ1v) is 10.2. The first-order chi connectivity index (χ1) is 15.6. The van der Waals surface area contributed by atoms with Crippen molar-refractivity contribution in [3.63, 3.8) is 0 Å². The zero-order valence-electron chi connectivity index (χ0n) is 17.3. The molecule has 0 atom stereocenters. The summed E-state index contributed by atoms with van der Waals surface area (Å²) in [5.41, 5.74) is 4.53. The fourth-order valence-electron chi connectivity index (χ4n) is 3.28. The molecule has 0 amide bonds. The van der Waals surface area contributed by atoms with Crippen LogP contribution in [0.15, 0.2) is 86.9 Å². The second-order valence-electron chi connectivity index (χ2n) is 7.19. The summed E-state index contributed by atoms with van der Waals surface area (Å²) in [5.74, 6) is -0.0333. The topological polar surface area (TPSA) is 109 Å². The van der Waals surface area contributed by atoms with E-state index in [1.807, 2.05) is 54.6 Å². The molecule has 4 rings (SSSR count). The van der Waals surface area contributed by atoms with Crippen LogP contribution in [0.25, 0.3) is 11.1 Å². The fraction of sp³-hybridized carbons (Fsp3) is 0.167. The fourth-order valence-corrected chi connectivity index (χ4v) is 3.28. The number of hydrogen-bond donors (Lipinski definition) is 3. The minimum Gasteiger partial charge on any atom is -0.491 e. The Morgan fingerprint density at radius 3 is 2.41 bits per heavy atom. The van der Waals surface area contributed by atoms with Gasteiger partial charge in [0.25, 0.3) is 0 Å². The Morgan fingerprint density at radius 1 is 0.938 bits per heavy atom. The van der Waals surface area contributed by atoms with Crippen LogP contribution in [0, 0.1) is 0 Å². The predicted octanol–water partition coefficient (Wildman–Crippen LogP) is 2.83. The highest BCUT2D eigenvalue weighted by atomic mass is 16.5. The number of ether oxygens (including phenoxy) is 1. The Hall–Kier alpha value is -4.04. The van der Waals surface area contributed by atoms with Crippen molar-refractivity contribution in [2.75, 3.05) is 18.5 Å². The predicted molar refractivity (Wildman–Crippen MR) is 121 cm³/mol. The Bertz CT molecular complexity index is 1270. The van der Waals surface area contributed by atoms with E-state index < -0.39 is 11.4 Å². The van der Waals surface area contributed by atoms with Crippen molar-refractivity contribution in [3.8, 4) is 16.9 Å². The highest BCUT2D eigenvalue weighted by Gasteiger charge is 2.05. The van der Waals surface area contributed by atoms with Crippen molar-refractivity contribution < 1.29 is 14.4 Å². The van der Waals surface area contributed by atoms with Gasteiger partial charge in [0, 0.05) is 12.2 Å². The van der Waals surface area contributed by atoms with E-state index in [2.05, 4.69) is 28.5 Å². The summed E-state index contributed by atoms with van der Waals surface area (Å²) >= 11 is 0. The normalized spacial score (nSPS) is 10.8. The number of aromatic nitrogens is 2. The molecule has 4 aromatic rings. The van der Waals surface area contributed by atoms with Gasteiger partial charge in [-0.3, -0.25) is 0 Å². The zero-order valence-corrected chi connectivity index (χ0v) is 17.3. The van der Waals surface area contributed by atoms with E-state index in [-0.39, 0.29) is 19.8 Å². The van der Waals surface area contributed by atoms with Gasteiger partial charge in [0.05, 0.1) is 13.2 Å². The van der Waals surface area contributed by atoms with Gasteiger partial charge in [-0.1, -0.05) is 42.5 Å². The molecule has 1 aromatic heterocycles. The highest BCUT2D eigenvalue weighted by molar-refractivity contribution is 5.65. The second kappa shape index (κ2) is 9.84. The maximum Gasteiger partial charge on any atom is 0.440 e. The molecule has 0 aliphatic carbocycles. The van der Waals surface area contributed by atoms with E-state index in [0.29, 0.717) is 6.54 Å². The SMILES string of the molecule is O=c1[nH]c(=O)n(Cc2ccc(NCc3cccc(-c4ccc(OCCO)cc4)c3)cc2)o1. The second-order valence-corrected chi connectivity index (χ2v) is 7.19. The number of anilines is 1. The summed E-state index contributed by atoms with van der Waals surface area (Å²) in [6.07, 6.45) is 0. The number of nitrogens with one attached hydrogen (secondary N) is 2. The standard InChI is InChI=1S/C24H23N3O5/c28-12-13-31-22-10-6-19(7-11-22)20-3-1-2-18(14-20)15-25-21-8-4-17(5-9-21)16-27-23(29)26-24(30)32-27/h1-11,14,25,28H,12-13,15-16H2,(H,26,29,30). The maximum absolute atomic E-state index is 11.5. The molecule has 0 saturated heterocycles. The van der Waals surface area contributed by atoms with Crippen LogP contribution in [0.2, 0.25) is 0 Å². The lowest BCUT2D eigenvalue weighted by Gasteiger charge is -2.10. The van der Waals surface area contributed by atoms with Gasteiger partial charge >= 0.3 is 11.4 Å². The van der Waals surface area contributed by atoms with Crippen LogP contribution in [0.1, 0.15) is 11.1 Å². The molecule has 0 fully saturated rings. The van der Waals surface area contributed by atoms with Crippen LogP contribution < -0.4 is 21.5 Å². The van der Waals surface area contributed by atoms with Crippen LogP contribution in [0.3, 0.4) is 0 Å². The minimum absolute atomic E-state index is 0.00938. The number of aliphatic hydroxyl groups excluding tert-OH is 1. The van der Waals surface area contributed by atoms with Crippen molar-refractivity contribution in [3.05, 3.63) is 105 Å². The average molecular weight is 433 g/mol. The van der Waals surface area contributed by atoms with Gasteiger partial charge in [-0.15, -0.1) is 4.74 Å². The van der Waals surface area contributed by atoms with Gasteiger partial charge in [-0.25, -0.2) is 14.6 Å². The summed E-state index contributed by atoms with van der Waals surface area (Å²) < 4.78 is 11.2. The van der Waals surface area contributed by atoms with Crippen molar-refractivity contribution in [1.29, 1.82) is 0 Å². The van der Waals surface area contributed by atoms with Crippen molar-refractivity contribution in [2.24, 2.45) is 0 Å². The third-order valence-corrected chi connectivity index (χ3v) is 4.88. The highest BCUT2D eigenvalue weighted by Crippen LogP contribution is 2.24. The van der Waals surface area contributed by atoms with Crippen LogP contribution in [0.4, 0.5) is 5.69 Å². The molecule has 1 heterocycles.